The van der Waals surface area contributed by atoms with Gasteiger partial charge in [0.1, 0.15) is 6.54 Å². The molecule has 0 unspecified atom stereocenters. The molecule has 3 aromatic rings. The molecule has 4 rings (SSSR count). The van der Waals surface area contributed by atoms with Crippen LogP contribution < -0.4 is 11.1 Å². The van der Waals surface area contributed by atoms with Crippen molar-refractivity contribution in [1.82, 2.24) is 14.3 Å². The molecule has 0 aliphatic carbocycles. The maximum Gasteiger partial charge on any atom is 0.420 e. The predicted molar refractivity (Wildman–Crippen MR) is 94.9 cm³/mol. The molecule has 8 nitrogen and oxygen atoms in total. The molecule has 8 heteroatoms. The van der Waals surface area contributed by atoms with Gasteiger partial charge in [-0.25, -0.2) is 4.79 Å². The van der Waals surface area contributed by atoms with E-state index in [4.69, 9.17) is 9.15 Å². The first-order chi connectivity index (χ1) is 12.7. The maximum atomic E-state index is 12.3. The third-order valence-corrected chi connectivity index (χ3v) is 4.46. The summed E-state index contributed by atoms with van der Waals surface area (Å²) in [4.78, 5) is 24.2. The Hall–Kier alpha value is -2.87. The standard InChI is InChI=1S/C18H20N4O4/c23-17(12-22-15-6-1-2-7-16(15)26-18(22)24)20-13-9-19-21(10-13)11-14-5-3-4-8-25-14/h1-2,6-7,9-10,14H,3-5,8,11-12H2,(H,20,23)/t14-/m0/s1. The minimum Gasteiger partial charge on any atom is -0.408 e. The van der Waals surface area contributed by atoms with Crippen LogP contribution in [0.4, 0.5) is 5.69 Å². The summed E-state index contributed by atoms with van der Waals surface area (Å²) >= 11 is 0. The average Bonchev–Trinajstić information content (AvgIpc) is 3.20. The van der Waals surface area contributed by atoms with Gasteiger partial charge in [0.2, 0.25) is 5.91 Å². The summed E-state index contributed by atoms with van der Waals surface area (Å²) in [7, 11) is 0. The first kappa shape index (κ1) is 16.6. The molecule has 3 heterocycles. The van der Waals surface area contributed by atoms with Gasteiger partial charge in [-0.2, -0.15) is 5.10 Å². The Morgan fingerprint density at radius 3 is 3.04 bits per heavy atom. The predicted octanol–water partition coefficient (Wildman–Crippen LogP) is 2.00. The number of hydrogen-bond donors (Lipinski definition) is 1. The second-order valence-electron chi connectivity index (χ2n) is 6.41. The Bertz CT molecular complexity index is 965. The topological polar surface area (TPSA) is 91.3 Å². The van der Waals surface area contributed by atoms with E-state index in [-0.39, 0.29) is 18.6 Å². The zero-order valence-electron chi connectivity index (χ0n) is 14.3. The van der Waals surface area contributed by atoms with E-state index in [9.17, 15) is 9.59 Å². The Morgan fingerprint density at radius 2 is 2.19 bits per heavy atom. The van der Waals surface area contributed by atoms with Gasteiger partial charge in [-0.05, 0) is 31.4 Å². The zero-order chi connectivity index (χ0) is 17.9. The van der Waals surface area contributed by atoms with Crippen molar-refractivity contribution in [2.75, 3.05) is 11.9 Å². The molecule has 1 saturated heterocycles. The lowest BCUT2D eigenvalue weighted by atomic mass is 10.1. The molecule has 26 heavy (non-hydrogen) atoms. The van der Waals surface area contributed by atoms with Crippen LogP contribution >= 0.6 is 0 Å². The molecule has 1 aromatic carbocycles. The molecule has 1 N–H and O–H groups in total. The van der Waals surface area contributed by atoms with E-state index in [2.05, 4.69) is 10.4 Å². The second kappa shape index (κ2) is 7.17. The third kappa shape index (κ3) is 3.55. The van der Waals surface area contributed by atoms with Crippen molar-refractivity contribution in [3.8, 4) is 0 Å². The molecule has 0 spiro atoms. The Balaban J connectivity index is 1.40. The molecule has 0 bridgehead atoms. The number of nitrogens with one attached hydrogen (secondary N) is 1. The van der Waals surface area contributed by atoms with Gasteiger partial charge in [-0.15, -0.1) is 0 Å². The van der Waals surface area contributed by atoms with Gasteiger partial charge in [-0.1, -0.05) is 12.1 Å². The van der Waals surface area contributed by atoms with E-state index in [0.717, 1.165) is 19.4 Å². The van der Waals surface area contributed by atoms with Crippen LogP contribution in [0.2, 0.25) is 0 Å². The lowest BCUT2D eigenvalue weighted by Gasteiger charge is -2.22. The van der Waals surface area contributed by atoms with Gasteiger partial charge in [-0.3, -0.25) is 14.0 Å². The molecule has 1 fully saturated rings. The van der Waals surface area contributed by atoms with Gasteiger partial charge in [0.25, 0.3) is 0 Å². The van der Waals surface area contributed by atoms with Gasteiger partial charge in [0, 0.05) is 12.8 Å². The van der Waals surface area contributed by atoms with Crippen molar-refractivity contribution in [2.24, 2.45) is 0 Å². The molecule has 0 radical (unpaired) electrons. The van der Waals surface area contributed by atoms with Crippen molar-refractivity contribution in [3.63, 3.8) is 0 Å². The first-order valence-electron chi connectivity index (χ1n) is 8.71. The fourth-order valence-corrected chi connectivity index (χ4v) is 3.20. The van der Waals surface area contributed by atoms with Gasteiger partial charge in [0.15, 0.2) is 5.58 Å². The molecule has 136 valence electrons. The monoisotopic (exact) mass is 356 g/mol. The summed E-state index contributed by atoms with van der Waals surface area (Å²) < 4.78 is 13.9. The van der Waals surface area contributed by atoms with Crippen LogP contribution in [0.3, 0.4) is 0 Å². The maximum absolute atomic E-state index is 12.3. The minimum absolute atomic E-state index is 0.118. The molecule has 1 atom stereocenters. The van der Waals surface area contributed by atoms with Crippen molar-refractivity contribution in [3.05, 3.63) is 47.2 Å². The number of nitrogens with zero attached hydrogens (tertiary/aromatic N) is 3. The number of carbonyl (C=O) groups excluding carboxylic acids is 1. The summed E-state index contributed by atoms with van der Waals surface area (Å²) in [5.41, 5.74) is 1.65. The Labute approximate surface area is 149 Å². The average molecular weight is 356 g/mol. The second-order valence-corrected chi connectivity index (χ2v) is 6.41. The van der Waals surface area contributed by atoms with Crippen molar-refractivity contribution in [1.29, 1.82) is 0 Å². The number of benzene rings is 1. The summed E-state index contributed by atoms with van der Waals surface area (Å²) in [6.07, 6.45) is 6.84. The van der Waals surface area contributed by atoms with Crippen LogP contribution in [0, 0.1) is 0 Å². The van der Waals surface area contributed by atoms with Crippen LogP contribution in [0.1, 0.15) is 19.3 Å². The number of oxazole rings is 1. The van der Waals surface area contributed by atoms with E-state index < -0.39 is 5.76 Å². The van der Waals surface area contributed by atoms with Crippen molar-refractivity contribution < 1.29 is 13.9 Å². The normalized spacial score (nSPS) is 17.5. The molecule has 1 aliphatic heterocycles. The minimum atomic E-state index is -0.550. The van der Waals surface area contributed by atoms with Gasteiger partial charge in [0.05, 0.1) is 30.0 Å². The highest BCUT2D eigenvalue weighted by Crippen LogP contribution is 2.16. The van der Waals surface area contributed by atoms with Crippen LogP contribution in [-0.2, 0) is 22.6 Å². The zero-order valence-corrected chi connectivity index (χ0v) is 14.3. The summed E-state index contributed by atoms with van der Waals surface area (Å²) in [5.74, 6) is -0.862. The summed E-state index contributed by atoms with van der Waals surface area (Å²) in [5, 5.41) is 7.03. The highest BCUT2D eigenvalue weighted by Gasteiger charge is 2.16. The Morgan fingerprint density at radius 1 is 1.31 bits per heavy atom. The van der Waals surface area contributed by atoms with Crippen LogP contribution in [-0.4, -0.2) is 33.0 Å². The number of aromatic nitrogens is 3. The van der Waals surface area contributed by atoms with Crippen LogP contribution in [0.15, 0.2) is 45.9 Å². The molecule has 0 saturated carbocycles. The number of ether oxygens (including phenoxy) is 1. The van der Waals surface area contributed by atoms with Crippen molar-refractivity contribution in [2.45, 2.75) is 38.5 Å². The number of hydrogen-bond acceptors (Lipinski definition) is 5. The molecular formula is C18H20N4O4. The lowest BCUT2D eigenvalue weighted by molar-refractivity contribution is -0.116. The van der Waals surface area contributed by atoms with E-state index in [0.29, 0.717) is 23.3 Å². The molecule has 1 aliphatic rings. The lowest BCUT2D eigenvalue weighted by Crippen LogP contribution is -2.25. The number of para-hydroxylation sites is 2. The number of anilines is 1. The quantitative estimate of drug-likeness (QED) is 0.755. The summed E-state index contributed by atoms with van der Waals surface area (Å²) in [6.45, 7) is 1.34. The van der Waals surface area contributed by atoms with Crippen molar-refractivity contribution >= 4 is 22.7 Å². The highest BCUT2D eigenvalue weighted by atomic mass is 16.5. The van der Waals surface area contributed by atoms with Crippen LogP contribution in [0.5, 0.6) is 0 Å². The summed E-state index contributed by atoms with van der Waals surface area (Å²) in [6, 6.07) is 7.02. The van der Waals surface area contributed by atoms with E-state index in [1.807, 2.05) is 0 Å². The SMILES string of the molecule is O=C(Cn1c(=O)oc2ccccc21)Nc1cnn(C[C@@H]2CCCCO2)c1. The third-order valence-electron chi connectivity index (χ3n) is 4.46. The molecule has 2 aromatic heterocycles. The highest BCUT2D eigenvalue weighted by molar-refractivity contribution is 5.91. The number of carbonyl (C=O) groups is 1. The smallest absolute Gasteiger partial charge is 0.408 e. The number of fused-ring (bicyclic) bond motifs is 1. The van der Waals surface area contributed by atoms with Gasteiger partial charge >= 0.3 is 5.76 Å². The fourth-order valence-electron chi connectivity index (χ4n) is 3.20. The van der Waals surface area contributed by atoms with E-state index >= 15 is 0 Å². The first-order valence-corrected chi connectivity index (χ1v) is 8.71. The largest absolute Gasteiger partial charge is 0.420 e. The van der Waals surface area contributed by atoms with Gasteiger partial charge < -0.3 is 14.5 Å². The molecule has 1 amide bonds. The molecular weight excluding hydrogens is 336 g/mol. The fraction of sp³-hybridized carbons (Fsp3) is 0.389. The number of rotatable bonds is 5. The van der Waals surface area contributed by atoms with E-state index in [1.54, 1.807) is 41.3 Å². The van der Waals surface area contributed by atoms with E-state index in [1.165, 1.54) is 11.0 Å². The Kier molecular flexibility index (Phi) is 4.57. The number of amides is 1. The van der Waals surface area contributed by atoms with Crippen LogP contribution in [0.25, 0.3) is 11.1 Å².